The van der Waals surface area contributed by atoms with Crippen LogP contribution in [0, 0.1) is 11.8 Å². The van der Waals surface area contributed by atoms with Gasteiger partial charge in [-0.3, -0.25) is 0 Å². The van der Waals surface area contributed by atoms with Crippen molar-refractivity contribution < 1.29 is 0 Å². The second-order valence-corrected chi connectivity index (χ2v) is 7.06. The lowest BCUT2D eigenvalue weighted by Crippen LogP contribution is -2.32. The average molecular weight is 328 g/mol. The summed E-state index contributed by atoms with van der Waals surface area (Å²) in [7, 11) is 0. The molecule has 3 atom stereocenters. The minimum Gasteiger partial charge on any atom is -0.310 e. The molecule has 3 heteroatoms. The van der Waals surface area contributed by atoms with Crippen molar-refractivity contribution in [3.63, 3.8) is 0 Å². The molecule has 0 amide bonds. The van der Waals surface area contributed by atoms with Crippen LogP contribution in [0.15, 0.2) is 18.2 Å². The molecule has 1 nitrogen and oxygen atoms in total. The van der Waals surface area contributed by atoms with Crippen molar-refractivity contribution in [1.82, 2.24) is 5.32 Å². The molecule has 1 aliphatic rings. The third kappa shape index (κ3) is 4.37. The van der Waals surface area contributed by atoms with E-state index in [0.717, 1.165) is 23.9 Å². The standard InChI is InChI=1S/C18H27Cl2N/c1-3-11-21-18(14-8-5-7-13(4-2)12-14)15-9-6-10-16(19)17(15)20/h6,9-10,13-14,18,21H,3-5,7-8,11-12H2,1-2H3. The van der Waals surface area contributed by atoms with Crippen LogP contribution >= 0.6 is 23.2 Å². The predicted octanol–water partition coefficient (Wildman–Crippen LogP) is 6.25. The zero-order chi connectivity index (χ0) is 15.2. The largest absolute Gasteiger partial charge is 0.310 e. The highest BCUT2D eigenvalue weighted by Crippen LogP contribution is 2.41. The molecule has 1 N–H and O–H groups in total. The lowest BCUT2D eigenvalue weighted by molar-refractivity contribution is 0.209. The Bertz CT molecular complexity index is 447. The lowest BCUT2D eigenvalue weighted by Gasteiger charge is -2.35. The van der Waals surface area contributed by atoms with E-state index in [-0.39, 0.29) is 0 Å². The molecule has 0 aliphatic heterocycles. The lowest BCUT2D eigenvalue weighted by atomic mass is 9.75. The van der Waals surface area contributed by atoms with Crippen LogP contribution in [0.1, 0.15) is 64.0 Å². The van der Waals surface area contributed by atoms with Crippen molar-refractivity contribution in [3.8, 4) is 0 Å². The summed E-state index contributed by atoms with van der Waals surface area (Å²) >= 11 is 12.7. The molecule has 3 unspecified atom stereocenters. The van der Waals surface area contributed by atoms with Crippen molar-refractivity contribution in [2.24, 2.45) is 11.8 Å². The summed E-state index contributed by atoms with van der Waals surface area (Å²) in [5, 5.41) is 5.12. The van der Waals surface area contributed by atoms with E-state index < -0.39 is 0 Å². The molecule has 21 heavy (non-hydrogen) atoms. The molecule has 1 aliphatic carbocycles. The first kappa shape index (κ1) is 17.1. The van der Waals surface area contributed by atoms with Gasteiger partial charge in [-0.05, 0) is 49.3 Å². The van der Waals surface area contributed by atoms with Gasteiger partial charge in [0.2, 0.25) is 0 Å². The summed E-state index contributed by atoms with van der Waals surface area (Å²) in [5.41, 5.74) is 1.18. The van der Waals surface area contributed by atoms with Crippen LogP contribution in [-0.4, -0.2) is 6.54 Å². The number of hydrogen-bond donors (Lipinski definition) is 1. The molecule has 0 bridgehead atoms. The highest BCUT2D eigenvalue weighted by atomic mass is 35.5. The summed E-state index contributed by atoms with van der Waals surface area (Å²) in [6.45, 7) is 5.55. The van der Waals surface area contributed by atoms with Crippen molar-refractivity contribution in [2.75, 3.05) is 6.54 Å². The zero-order valence-electron chi connectivity index (χ0n) is 13.2. The van der Waals surface area contributed by atoms with Crippen LogP contribution in [0.5, 0.6) is 0 Å². The van der Waals surface area contributed by atoms with Gasteiger partial charge in [-0.2, -0.15) is 0 Å². The van der Waals surface area contributed by atoms with Gasteiger partial charge in [-0.1, -0.05) is 68.4 Å². The van der Waals surface area contributed by atoms with E-state index in [1.165, 1.54) is 37.7 Å². The first-order valence-electron chi connectivity index (χ1n) is 8.34. The van der Waals surface area contributed by atoms with Gasteiger partial charge in [-0.25, -0.2) is 0 Å². The van der Waals surface area contributed by atoms with E-state index in [1.807, 2.05) is 12.1 Å². The molecule has 1 fully saturated rings. The maximum Gasteiger partial charge on any atom is 0.0640 e. The summed E-state index contributed by atoms with van der Waals surface area (Å²) in [6.07, 6.45) is 7.75. The third-order valence-corrected chi connectivity index (χ3v) is 5.64. The average Bonchev–Trinajstić information content (AvgIpc) is 2.52. The van der Waals surface area contributed by atoms with E-state index in [9.17, 15) is 0 Å². The normalized spacial score (nSPS) is 24.0. The van der Waals surface area contributed by atoms with E-state index in [2.05, 4.69) is 25.2 Å². The predicted molar refractivity (Wildman–Crippen MR) is 93.2 cm³/mol. The Labute approximate surface area is 139 Å². The molecule has 1 saturated carbocycles. The zero-order valence-corrected chi connectivity index (χ0v) is 14.7. The van der Waals surface area contributed by atoms with Gasteiger partial charge in [0.05, 0.1) is 10.0 Å². The van der Waals surface area contributed by atoms with Crippen LogP contribution in [0.3, 0.4) is 0 Å². The van der Waals surface area contributed by atoms with Gasteiger partial charge in [0.15, 0.2) is 0 Å². The summed E-state index contributed by atoms with van der Waals surface area (Å²) in [5.74, 6) is 1.54. The second-order valence-electron chi connectivity index (χ2n) is 6.28. The summed E-state index contributed by atoms with van der Waals surface area (Å²) in [6, 6.07) is 6.37. The first-order chi connectivity index (χ1) is 10.2. The van der Waals surface area contributed by atoms with Crippen molar-refractivity contribution in [2.45, 2.75) is 58.4 Å². The fourth-order valence-corrected chi connectivity index (χ4v) is 4.02. The molecule has 1 aromatic carbocycles. The second kappa shape index (κ2) is 8.41. The molecule has 1 aromatic rings. The topological polar surface area (TPSA) is 12.0 Å². The number of nitrogens with one attached hydrogen (secondary N) is 1. The molecule has 118 valence electrons. The molecule has 0 heterocycles. The fraction of sp³-hybridized carbons (Fsp3) is 0.667. The van der Waals surface area contributed by atoms with Crippen molar-refractivity contribution in [1.29, 1.82) is 0 Å². The molecule has 0 spiro atoms. The summed E-state index contributed by atoms with van der Waals surface area (Å²) in [4.78, 5) is 0. The number of rotatable bonds is 6. The van der Waals surface area contributed by atoms with Crippen LogP contribution < -0.4 is 5.32 Å². The Kier molecular flexibility index (Phi) is 6.85. The van der Waals surface area contributed by atoms with Gasteiger partial charge in [0, 0.05) is 6.04 Å². The number of hydrogen-bond acceptors (Lipinski definition) is 1. The Morgan fingerprint density at radius 3 is 2.76 bits per heavy atom. The van der Waals surface area contributed by atoms with Gasteiger partial charge < -0.3 is 5.32 Å². The SMILES string of the molecule is CCCNC(c1cccc(Cl)c1Cl)C1CCCC(CC)C1. The maximum atomic E-state index is 6.48. The first-order valence-corrected chi connectivity index (χ1v) is 9.10. The van der Waals surface area contributed by atoms with E-state index in [1.54, 1.807) is 0 Å². The van der Waals surface area contributed by atoms with Crippen LogP contribution in [0.4, 0.5) is 0 Å². The van der Waals surface area contributed by atoms with Crippen molar-refractivity contribution in [3.05, 3.63) is 33.8 Å². The van der Waals surface area contributed by atoms with E-state index in [4.69, 9.17) is 23.2 Å². The third-order valence-electron chi connectivity index (χ3n) is 4.80. The van der Waals surface area contributed by atoms with Crippen LogP contribution in [0.2, 0.25) is 10.0 Å². The molecule has 0 aromatic heterocycles. The minimum absolute atomic E-state index is 0.338. The number of halogens is 2. The Hall–Kier alpha value is -0.240. The molecule has 0 saturated heterocycles. The molecular formula is C18H27Cl2N. The fourth-order valence-electron chi connectivity index (χ4n) is 3.60. The molecule has 2 rings (SSSR count). The Balaban J connectivity index is 2.23. The van der Waals surface area contributed by atoms with Gasteiger partial charge in [-0.15, -0.1) is 0 Å². The number of benzene rings is 1. The van der Waals surface area contributed by atoms with Gasteiger partial charge in [0.25, 0.3) is 0 Å². The Morgan fingerprint density at radius 1 is 1.24 bits per heavy atom. The minimum atomic E-state index is 0.338. The highest BCUT2D eigenvalue weighted by molar-refractivity contribution is 6.42. The highest BCUT2D eigenvalue weighted by Gasteiger charge is 2.29. The maximum absolute atomic E-state index is 6.48. The van der Waals surface area contributed by atoms with Crippen LogP contribution in [-0.2, 0) is 0 Å². The Morgan fingerprint density at radius 2 is 2.05 bits per heavy atom. The van der Waals surface area contributed by atoms with E-state index in [0.29, 0.717) is 17.0 Å². The molecule has 0 radical (unpaired) electrons. The van der Waals surface area contributed by atoms with Crippen molar-refractivity contribution >= 4 is 23.2 Å². The smallest absolute Gasteiger partial charge is 0.0640 e. The van der Waals surface area contributed by atoms with Gasteiger partial charge in [0.1, 0.15) is 0 Å². The monoisotopic (exact) mass is 327 g/mol. The quantitative estimate of drug-likeness (QED) is 0.651. The summed E-state index contributed by atoms with van der Waals surface area (Å²) < 4.78 is 0. The van der Waals surface area contributed by atoms with E-state index >= 15 is 0 Å². The van der Waals surface area contributed by atoms with Gasteiger partial charge >= 0.3 is 0 Å². The van der Waals surface area contributed by atoms with Crippen LogP contribution in [0.25, 0.3) is 0 Å². The molecular weight excluding hydrogens is 301 g/mol.